The molecule has 1 rings (SSSR count). The second-order valence-corrected chi connectivity index (χ2v) is 3.78. The summed E-state index contributed by atoms with van der Waals surface area (Å²) in [4.78, 5) is 9.06. The van der Waals surface area contributed by atoms with Gasteiger partial charge in [0.15, 0.2) is 0 Å². The van der Waals surface area contributed by atoms with Crippen molar-refractivity contribution in [2.75, 3.05) is 7.05 Å². The first-order valence-electron chi connectivity index (χ1n) is 6.95. The summed E-state index contributed by atoms with van der Waals surface area (Å²) in [6.45, 7) is 15.6. The second kappa shape index (κ2) is 22.4. The van der Waals surface area contributed by atoms with Crippen LogP contribution in [0.1, 0.15) is 40.5 Å². The van der Waals surface area contributed by atoms with Crippen LogP contribution in [-0.4, -0.2) is 13.5 Å². The molecule has 0 aromatic rings. The second-order valence-electron chi connectivity index (χ2n) is 3.78. The maximum atomic E-state index is 9.06. The van der Waals surface area contributed by atoms with Gasteiger partial charge in [0, 0.05) is 7.05 Å². The van der Waals surface area contributed by atoms with E-state index in [9.17, 15) is 0 Å². The summed E-state index contributed by atoms with van der Waals surface area (Å²) in [7, 11) is 1.56. The molecule has 0 spiro atoms. The third kappa shape index (κ3) is 18.5. The Morgan fingerprint density at radius 1 is 1.20 bits per heavy atom. The molecular formula is C18H31NO. The molecule has 114 valence electrons. The molecule has 0 unspecified atom stereocenters. The van der Waals surface area contributed by atoms with Crippen molar-refractivity contribution in [1.29, 1.82) is 0 Å². The van der Waals surface area contributed by atoms with Crippen LogP contribution in [0.25, 0.3) is 0 Å². The third-order valence-electron chi connectivity index (χ3n) is 1.92. The number of allylic oxidation sites excluding steroid dienone is 8. The fourth-order valence-electron chi connectivity index (χ4n) is 0.938. The van der Waals surface area contributed by atoms with Crippen LogP contribution < -0.4 is 5.32 Å². The summed E-state index contributed by atoms with van der Waals surface area (Å²) < 4.78 is 0. The lowest BCUT2D eigenvalue weighted by atomic mass is 10.1. The Morgan fingerprint density at radius 3 is 1.85 bits per heavy atom. The molecule has 1 aliphatic carbocycles. The lowest BCUT2D eigenvalue weighted by molar-refractivity contribution is -0.109. The maximum Gasteiger partial charge on any atom is 0.206 e. The molecule has 0 fully saturated rings. The highest BCUT2D eigenvalue weighted by molar-refractivity contribution is 5.45. The molecule has 1 aliphatic rings. The largest absolute Gasteiger partial charge is 0.362 e. The SMILES string of the molecule is C/C=C/C.C=CC1=C(C=C)CC=C1.CCC.CNC=O. The summed E-state index contributed by atoms with van der Waals surface area (Å²) in [5, 5.41) is 2.25. The molecule has 2 heteroatoms. The maximum absolute atomic E-state index is 9.06. The third-order valence-corrected chi connectivity index (χ3v) is 1.92. The number of amides is 1. The number of hydrogen-bond acceptors (Lipinski definition) is 1. The molecule has 1 amide bonds. The first-order valence-corrected chi connectivity index (χ1v) is 6.95. The Morgan fingerprint density at radius 2 is 1.65 bits per heavy atom. The predicted molar refractivity (Wildman–Crippen MR) is 92.8 cm³/mol. The molecule has 0 aromatic carbocycles. The number of rotatable bonds is 3. The topological polar surface area (TPSA) is 29.1 Å². The van der Waals surface area contributed by atoms with E-state index < -0.39 is 0 Å². The van der Waals surface area contributed by atoms with Gasteiger partial charge in [-0.3, -0.25) is 4.79 Å². The van der Waals surface area contributed by atoms with Gasteiger partial charge in [-0.25, -0.2) is 0 Å². The zero-order valence-electron chi connectivity index (χ0n) is 13.8. The number of carbonyl (C=O) groups is 1. The van der Waals surface area contributed by atoms with Crippen molar-refractivity contribution in [1.82, 2.24) is 5.32 Å². The Kier molecular flexibility index (Phi) is 26.0. The molecule has 0 radical (unpaired) electrons. The van der Waals surface area contributed by atoms with Crippen molar-refractivity contribution in [2.45, 2.75) is 40.5 Å². The van der Waals surface area contributed by atoms with Crippen LogP contribution in [-0.2, 0) is 4.79 Å². The van der Waals surface area contributed by atoms with Gasteiger partial charge in [-0.1, -0.05) is 69.9 Å². The zero-order chi connectivity index (χ0) is 16.2. The zero-order valence-corrected chi connectivity index (χ0v) is 13.8. The number of hydrogen-bond donors (Lipinski definition) is 1. The van der Waals surface area contributed by atoms with Crippen molar-refractivity contribution in [3.8, 4) is 0 Å². The summed E-state index contributed by atoms with van der Waals surface area (Å²) in [5.41, 5.74) is 2.50. The van der Waals surface area contributed by atoms with Crippen LogP contribution in [0.15, 0.2) is 60.8 Å². The molecule has 2 nitrogen and oxygen atoms in total. The van der Waals surface area contributed by atoms with Crippen LogP contribution >= 0.6 is 0 Å². The highest BCUT2D eigenvalue weighted by atomic mass is 16.1. The fraction of sp³-hybridized carbons (Fsp3) is 0.389. The van der Waals surface area contributed by atoms with Gasteiger partial charge in [0.1, 0.15) is 0 Å². The first kappa shape index (κ1) is 23.3. The van der Waals surface area contributed by atoms with Gasteiger partial charge >= 0.3 is 0 Å². The van der Waals surface area contributed by atoms with Crippen molar-refractivity contribution >= 4 is 6.41 Å². The number of carbonyl (C=O) groups excluding carboxylic acids is 1. The molecule has 0 saturated heterocycles. The van der Waals surface area contributed by atoms with Crippen molar-refractivity contribution in [3.63, 3.8) is 0 Å². The van der Waals surface area contributed by atoms with Crippen LogP contribution in [0, 0.1) is 0 Å². The van der Waals surface area contributed by atoms with E-state index >= 15 is 0 Å². The quantitative estimate of drug-likeness (QED) is 0.572. The molecule has 0 saturated carbocycles. The molecule has 20 heavy (non-hydrogen) atoms. The summed E-state index contributed by atoms with van der Waals surface area (Å²) in [6.07, 6.45) is 14.8. The van der Waals surface area contributed by atoms with E-state index in [0.717, 1.165) is 6.42 Å². The molecule has 0 aromatic heterocycles. The lowest BCUT2D eigenvalue weighted by Crippen LogP contribution is -1.98. The van der Waals surface area contributed by atoms with Gasteiger partial charge in [0.05, 0.1) is 0 Å². The minimum Gasteiger partial charge on any atom is -0.362 e. The molecule has 1 N–H and O–H groups in total. The van der Waals surface area contributed by atoms with Gasteiger partial charge in [0.25, 0.3) is 0 Å². The average molecular weight is 277 g/mol. The summed E-state index contributed by atoms with van der Waals surface area (Å²) in [5.74, 6) is 0. The predicted octanol–water partition coefficient (Wildman–Crippen LogP) is 4.98. The van der Waals surface area contributed by atoms with Crippen molar-refractivity contribution in [2.24, 2.45) is 0 Å². The fourth-order valence-corrected chi connectivity index (χ4v) is 0.938. The van der Waals surface area contributed by atoms with Crippen molar-refractivity contribution in [3.05, 3.63) is 60.8 Å². The molecule has 0 aliphatic heterocycles. The van der Waals surface area contributed by atoms with Crippen molar-refractivity contribution < 1.29 is 4.79 Å². The van der Waals surface area contributed by atoms with E-state index in [0.29, 0.717) is 6.41 Å². The highest BCUT2D eigenvalue weighted by Gasteiger charge is 2.00. The van der Waals surface area contributed by atoms with Crippen LogP contribution in [0.2, 0.25) is 0 Å². The minimum absolute atomic E-state index is 0.625. The Hall–Kier alpha value is -1.83. The number of nitrogens with one attached hydrogen (secondary N) is 1. The average Bonchev–Trinajstić information content (AvgIpc) is 2.96. The summed E-state index contributed by atoms with van der Waals surface area (Å²) in [6, 6.07) is 0. The van der Waals surface area contributed by atoms with E-state index in [1.807, 2.05) is 38.2 Å². The van der Waals surface area contributed by atoms with Crippen LogP contribution in [0.3, 0.4) is 0 Å². The van der Waals surface area contributed by atoms with Gasteiger partial charge < -0.3 is 5.32 Å². The van der Waals surface area contributed by atoms with E-state index in [-0.39, 0.29) is 0 Å². The smallest absolute Gasteiger partial charge is 0.206 e. The van der Waals surface area contributed by atoms with E-state index in [1.54, 1.807) is 7.05 Å². The Bertz CT molecular complexity index is 318. The van der Waals surface area contributed by atoms with Gasteiger partial charge in [-0.05, 0) is 31.4 Å². The standard InChI is InChI=1S/C9H10.C4H8.C3H8.C2H5NO/c1-3-8-6-5-7-9(8)4-2;1-3-4-2;1-3-2;1-3-2-4/h3-6H,1-2,7H2;3-4H,1-2H3;3H2,1-2H3;2H,1H3,(H,3,4)/b;4-3+;;. The summed E-state index contributed by atoms with van der Waals surface area (Å²) >= 11 is 0. The normalized spacial score (nSPS) is 11.2. The minimum atomic E-state index is 0.625. The molecule has 0 bridgehead atoms. The molecule has 0 heterocycles. The molecule has 0 atom stereocenters. The van der Waals surface area contributed by atoms with E-state index in [1.165, 1.54) is 17.6 Å². The lowest BCUT2D eigenvalue weighted by Gasteiger charge is -1.92. The van der Waals surface area contributed by atoms with Gasteiger partial charge in [0.2, 0.25) is 6.41 Å². The first-order chi connectivity index (χ1) is 9.62. The molecular weight excluding hydrogens is 246 g/mol. The Labute approximate surface area is 125 Å². The Balaban J connectivity index is -0.000000223. The van der Waals surface area contributed by atoms with Crippen LogP contribution in [0.4, 0.5) is 0 Å². The van der Waals surface area contributed by atoms with Crippen LogP contribution in [0.5, 0.6) is 0 Å². The van der Waals surface area contributed by atoms with Gasteiger partial charge in [-0.15, -0.1) is 0 Å². The van der Waals surface area contributed by atoms with E-state index in [2.05, 4.69) is 44.5 Å². The highest BCUT2D eigenvalue weighted by Crippen LogP contribution is 2.19. The monoisotopic (exact) mass is 277 g/mol. The van der Waals surface area contributed by atoms with E-state index in [4.69, 9.17) is 4.79 Å². The van der Waals surface area contributed by atoms with Gasteiger partial charge in [-0.2, -0.15) is 0 Å².